The second-order valence-electron chi connectivity index (χ2n) is 7.75. The summed E-state index contributed by atoms with van der Waals surface area (Å²) in [5.41, 5.74) is 4.55. The molecule has 1 aromatic carbocycles. The van der Waals surface area contributed by atoms with E-state index in [0.29, 0.717) is 5.95 Å². The summed E-state index contributed by atoms with van der Waals surface area (Å²) < 4.78 is 0. The number of rotatable bonds is 6. The monoisotopic (exact) mass is 392 g/mol. The van der Waals surface area contributed by atoms with E-state index in [0.717, 1.165) is 35.0 Å². The molecule has 1 aliphatic carbocycles. The maximum absolute atomic E-state index is 4.63. The van der Waals surface area contributed by atoms with Gasteiger partial charge in [-0.3, -0.25) is 5.32 Å². The largest absolute Gasteiger partial charge is 0.382 e. The molecule has 0 atom stereocenters. The molecular formula is C21H24N6S. The summed E-state index contributed by atoms with van der Waals surface area (Å²) in [6.45, 7) is 6.50. The van der Waals surface area contributed by atoms with Crippen molar-refractivity contribution < 1.29 is 0 Å². The number of nitrogens with zero attached hydrogens (tertiary/aromatic N) is 3. The molecule has 6 nitrogen and oxygen atoms in total. The Morgan fingerprint density at radius 1 is 0.929 bits per heavy atom. The van der Waals surface area contributed by atoms with Gasteiger partial charge in [0.15, 0.2) is 5.13 Å². The molecule has 3 N–H and O–H groups in total. The van der Waals surface area contributed by atoms with Gasteiger partial charge in [-0.1, -0.05) is 30.3 Å². The van der Waals surface area contributed by atoms with E-state index in [4.69, 9.17) is 0 Å². The Morgan fingerprint density at radius 2 is 1.71 bits per heavy atom. The van der Waals surface area contributed by atoms with Gasteiger partial charge in [0.05, 0.1) is 5.69 Å². The average Bonchev–Trinajstić information content (AvgIpc) is 3.12. The summed E-state index contributed by atoms with van der Waals surface area (Å²) in [5.74, 6) is 1.31. The van der Waals surface area contributed by atoms with Crippen LogP contribution in [0.4, 0.5) is 16.9 Å². The van der Waals surface area contributed by atoms with E-state index in [-0.39, 0.29) is 5.54 Å². The van der Waals surface area contributed by atoms with Crippen LogP contribution < -0.4 is 16.0 Å². The normalized spacial score (nSPS) is 13.8. The van der Waals surface area contributed by atoms with Crippen LogP contribution in [0, 0.1) is 0 Å². The van der Waals surface area contributed by atoms with Crippen molar-refractivity contribution in [1.82, 2.24) is 20.3 Å². The van der Waals surface area contributed by atoms with Crippen LogP contribution in [0.3, 0.4) is 0 Å². The highest BCUT2D eigenvalue weighted by molar-refractivity contribution is 7.14. The Labute approximate surface area is 169 Å². The lowest BCUT2D eigenvalue weighted by Crippen LogP contribution is -2.38. The van der Waals surface area contributed by atoms with Crippen molar-refractivity contribution in [3.05, 3.63) is 59.4 Å². The smallest absolute Gasteiger partial charge is 0.230 e. The fourth-order valence-corrected chi connectivity index (χ4v) is 3.63. The van der Waals surface area contributed by atoms with E-state index < -0.39 is 0 Å². The van der Waals surface area contributed by atoms with E-state index >= 15 is 0 Å². The first-order chi connectivity index (χ1) is 13.5. The third-order valence-electron chi connectivity index (χ3n) is 4.24. The van der Waals surface area contributed by atoms with Crippen molar-refractivity contribution in [2.45, 2.75) is 39.2 Å². The molecular weight excluding hydrogens is 368 g/mol. The van der Waals surface area contributed by atoms with Gasteiger partial charge in [0.25, 0.3) is 0 Å². The Morgan fingerprint density at radius 3 is 2.43 bits per heavy atom. The molecule has 1 aliphatic rings. The third-order valence-corrected chi connectivity index (χ3v) is 5.00. The number of allylic oxidation sites excluding steroid dienone is 2. The minimum atomic E-state index is 0.0579. The number of hydrogen-bond acceptors (Lipinski definition) is 7. The Balaban J connectivity index is 1.45. The minimum Gasteiger partial charge on any atom is -0.382 e. The highest BCUT2D eigenvalue weighted by Gasteiger charge is 2.22. The molecule has 0 radical (unpaired) electrons. The van der Waals surface area contributed by atoms with Crippen LogP contribution in [0.2, 0.25) is 0 Å². The summed E-state index contributed by atoms with van der Waals surface area (Å²) in [5, 5.41) is 13.0. The molecule has 0 amide bonds. The van der Waals surface area contributed by atoms with Crippen molar-refractivity contribution in [2.75, 3.05) is 10.6 Å². The Bertz CT molecular complexity index is 987. The summed E-state index contributed by atoms with van der Waals surface area (Å²) in [4.78, 5) is 13.5. The molecule has 0 aliphatic heterocycles. The maximum Gasteiger partial charge on any atom is 0.230 e. The summed E-state index contributed by atoms with van der Waals surface area (Å²) >= 11 is 1.54. The van der Waals surface area contributed by atoms with Crippen LogP contribution in [0.25, 0.3) is 11.3 Å². The molecule has 2 heterocycles. The second kappa shape index (κ2) is 7.59. The van der Waals surface area contributed by atoms with Crippen LogP contribution in [-0.2, 0) is 0 Å². The molecule has 4 rings (SSSR count). The van der Waals surface area contributed by atoms with Crippen LogP contribution in [0.15, 0.2) is 59.4 Å². The SMILES string of the molecule is CC(C)(C)NC1=C(Nc2ccnc(Nc3nc(-c4ccccc4)cs3)n2)CC1. The quantitative estimate of drug-likeness (QED) is 0.539. The lowest BCUT2D eigenvalue weighted by atomic mass is 9.97. The zero-order chi connectivity index (χ0) is 19.6. The fraction of sp³-hybridized carbons (Fsp3) is 0.286. The lowest BCUT2D eigenvalue weighted by molar-refractivity contribution is 0.446. The van der Waals surface area contributed by atoms with Crippen molar-refractivity contribution in [1.29, 1.82) is 0 Å². The zero-order valence-corrected chi connectivity index (χ0v) is 17.1. The molecule has 0 saturated carbocycles. The fourth-order valence-electron chi connectivity index (χ4n) is 2.91. The average molecular weight is 393 g/mol. The van der Waals surface area contributed by atoms with Gasteiger partial charge in [-0.2, -0.15) is 4.98 Å². The van der Waals surface area contributed by atoms with E-state index in [2.05, 4.69) is 63.8 Å². The molecule has 144 valence electrons. The van der Waals surface area contributed by atoms with Crippen LogP contribution >= 0.6 is 11.3 Å². The molecule has 7 heteroatoms. The van der Waals surface area contributed by atoms with Crippen molar-refractivity contribution >= 4 is 28.2 Å². The summed E-state index contributed by atoms with van der Waals surface area (Å²) in [6.07, 6.45) is 3.84. The van der Waals surface area contributed by atoms with Gasteiger partial charge < -0.3 is 10.6 Å². The van der Waals surface area contributed by atoms with Gasteiger partial charge in [0, 0.05) is 34.1 Å². The van der Waals surface area contributed by atoms with Gasteiger partial charge in [-0.15, -0.1) is 11.3 Å². The molecule has 3 aromatic rings. The Kier molecular flexibility index (Phi) is 5.00. The number of hydrogen-bond donors (Lipinski definition) is 3. The molecule has 2 aromatic heterocycles. The predicted molar refractivity (Wildman–Crippen MR) is 116 cm³/mol. The first kappa shape index (κ1) is 18.4. The Hall–Kier alpha value is -2.93. The van der Waals surface area contributed by atoms with Gasteiger partial charge in [0.1, 0.15) is 5.82 Å². The van der Waals surface area contributed by atoms with E-state index in [9.17, 15) is 0 Å². The third kappa shape index (κ3) is 4.48. The molecule has 0 saturated heterocycles. The summed E-state index contributed by atoms with van der Waals surface area (Å²) in [7, 11) is 0. The lowest BCUT2D eigenvalue weighted by Gasteiger charge is -2.32. The first-order valence-electron chi connectivity index (χ1n) is 9.34. The van der Waals surface area contributed by atoms with Crippen LogP contribution in [-0.4, -0.2) is 20.5 Å². The van der Waals surface area contributed by atoms with Crippen LogP contribution in [0.1, 0.15) is 33.6 Å². The molecule has 0 bridgehead atoms. The number of thiazole rings is 1. The van der Waals surface area contributed by atoms with Gasteiger partial charge in [-0.05, 0) is 39.7 Å². The van der Waals surface area contributed by atoms with E-state index in [1.807, 2.05) is 29.6 Å². The first-order valence-corrected chi connectivity index (χ1v) is 10.2. The minimum absolute atomic E-state index is 0.0579. The van der Waals surface area contributed by atoms with E-state index in [1.54, 1.807) is 6.20 Å². The van der Waals surface area contributed by atoms with Gasteiger partial charge >= 0.3 is 0 Å². The van der Waals surface area contributed by atoms with Crippen LogP contribution in [0.5, 0.6) is 0 Å². The second-order valence-corrected chi connectivity index (χ2v) is 8.61. The molecule has 0 unspecified atom stereocenters. The van der Waals surface area contributed by atoms with Gasteiger partial charge in [-0.25, -0.2) is 9.97 Å². The highest BCUT2D eigenvalue weighted by Crippen LogP contribution is 2.29. The van der Waals surface area contributed by atoms with Crippen molar-refractivity contribution in [2.24, 2.45) is 0 Å². The topological polar surface area (TPSA) is 74.8 Å². The van der Waals surface area contributed by atoms with Crippen molar-refractivity contribution in [3.63, 3.8) is 0 Å². The number of anilines is 3. The van der Waals surface area contributed by atoms with Crippen molar-refractivity contribution in [3.8, 4) is 11.3 Å². The standard InChI is InChI=1S/C21H24N6S/c1-21(2,3)27-16-10-9-15(16)23-18-11-12-22-19(25-18)26-20-24-17(13-28-20)14-7-5-4-6-8-14/h4-8,11-13,27H,9-10H2,1-3H3,(H2,22,23,24,25,26). The predicted octanol–water partition coefficient (Wildman–Crippen LogP) is 5.15. The van der Waals surface area contributed by atoms with E-state index in [1.165, 1.54) is 22.7 Å². The molecule has 28 heavy (non-hydrogen) atoms. The molecule has 0 fully saturated rings. The number of benzene rings is 1. The number of aromatic nitrogens is 3. The summed E-state index contributed by atoms with van der Waals surface area (Å²) in [6, 6.07) is 12.0. The maximum atomic E-state index is 4.63. The molecule has 0 spiro atoms. The highest BCUT2D eigenvalue weighted by atomic mass is 32.1. The number of nitrogens with one attached hydrogen (secondary N) is 3. The zero-order valence-electron chi connectivity index (χ0n) is 16.3. The van der Waals surface area contributed by atoms with Gasteiger partial charge in [0.2, 0.25) is 5.95 Å².